The first kappa shape index (κ1) is 20.7. The maximum absolute atomic E-state index is 12.5. The second kappa shape index (κ2) is 9.09. The van der Waals surface area contributed by atoms with Crippen LogP contribution in [-0.4, -0.2) is 59.0 Å². The molecule has 2 aliphatic heterocycles. The number of carbonyl (C=O) groups excluding carboxylic acids is 2. The fourth-order valence-electron chi connectivity index (χ4n) is 3.42. The Morgan fingerprint density at radius 2 is 2.10 bits per heavy atom. The largest absolute Gasteiger partial charge is 0.459 e. The van der Waals surface area contributed by atoms with Gasteiger partial charge in [-0.1, -0.05) is 30.3 Å². The van der Waals surface area contributed by atoms with E-state index in [4.69, 9.17) is 9.47 Å². The number of amides is 3. The van der Waals surface area contributed by atoms with Crippen molar-refractivity contribution < 1.29 is 19.1 Å². The number of rotatable bonds is 6. The van der Waals surface area contributed by atoms with Gasteiger partial charge in [0.05, 0.1) is 12.1 Å². The Kier molecular flexibility index (Phi) is 6.08. The minimum atomic E-state index is -0.431. The van der Waals surface area contributed by atoms with E-state index in [1.165, 1.54) is 11.2 Å². The quantitative estimate of drug-likeness (QED) is 0.649. The summed E-state index contributed by atoms with van der Waals surface area (Å²) in [6.07, 6.45) is 2.39. The molecule has 2 aliphatic rings. The number of aromatic nitrogens is 2. The van der Waals surface area contributed by atoms with Crippen LogP contribution in [0.15, 0.2) is 42.4 Å². The molecule has 10 nitrogen and oxygen atoms in total. The molecule has 10 heteroatoms. The van der Waals surface area contributed by atoms with Crippen molar-refractivity contribution in [3.05, 3.63) is 59.2 Å². The number of urea groups is 1. The van der Waals surface area contributed by atoms with Gasteiger partial charge in [-0.25, -0.2) is 9.80 Å². The lowest BCUT2D eigenvalue weighted by atomic mass is 10.1. The molecule has 0 radical (unpaired) electrons. The Hall–Kier alpha value is -3.53. The van der Waals surface area contributed by atoms with E-state index < -0.39 is 6.29 Å². The molecule has 3 N–H and O–H groups in total. The lowest BCUT2D eigenvalue weighted by Crippen LogP contribution is -2.48. The zero-order chi connectivity index (χ0) is 21.8. The van der Waals surface area contributed by atoms with Gasteiger partial charge in [0, 0.05) is 45.6 Å². The van der Waals surface area contributed by atoms with Gasteiger partial charge >= 0.3 is 6.03 Å². The van der Waals surface area contributed by atoms with Gasteiger partial charge in [-0.05, 0) is 5.56 Å². The lowest BCUT2D eigenvalue weighted by Gasteiger charge is -2.28. The monoisotopic (exact) mass is 426 g/mol. The Bertz CT molecular complexity index is 972. The third-order valence-corrected chi connectivity index (χ3v) is 5.06. The zero-order valence-corrected chi connectivity index (χ0v) is 17.6. The van der Waals surface area contributed by atoms with Crippen molar-refractivity contribution in [1.82, 2.24) is 25.5 Å². The molecule has 4 rings (SSSR count). The molecule has 1 unspecified atom stereocenters. The molecule has 1 atom stereocenters. The van der Waals surface area contributed by atoms with Crippen molar-refractivity contribution in [2.24, 2.45) is 0 Å². The molecule has 0 saturated heterocycles. The highest BCUT2D eigenvalue weighted by Gasteiger charge is 2.26. The number of hydrazine groups is 1. The highest BCUT2D eigenvalue weighted by atomic mass is 16.7. The fraction of sp³-hybridized carbons (Fsp3) is 0.381. The van der Waals surface area contributed by atoms with Crippen LogP contribution in [0, 0.1) is 0 Å². The van der Waals surface area contributed by atoms with E-state index in [9.17, 15) is 9.59 Å². The third-order valence-electron chi connectivity index (χ3n) is 5.06. The Morgan fingerprint density at radius 3 is 2.87 bits per heavy atom. The molecule has 31 heavy (non-hydrogen) atoms. The summed E-state index contributed by atoms with van der Waals surface area (Å²) in [5.41, 5.74) is 5.67. The molecule has 0 spiro atoms. The van der Waals surface area contributed by atoms with Crippen molar-refractivity contribution in [1.29, 1.82) is 0 Å². The van der Waals surface area contributed by atoms with Crippen molar-refractivity contribution >= 4 is 17.8 Å². The first-order chi connectivity index (χ1) is 15.0. The summed E-state index contributed by atoms with van der Waals surface area (Å²) in [5.74, 6) is 0.770. The summed E-state index contributed by atoms with van der Waals surface area (Å²) >= 11 is 0. The topological polar surface area (TPSA) is 112 Å². The summed E-state index contributed by atoms with van der Waals surface area (Å²) in [5, 5.41) is 11.8. The van der Waals surface area contributed by atoms with Gasteiger partial charge in [0.2, 0.25) is 12.2 Å². The summed E-state index contributed by atoms with van der Waals surface area (Å²) in [4.78, 5) is 25.9. The molecular formula is C21H26N6O4. The Morgan fingerprint density at radius 1 is 1.29 bits per heavy atom. The molecule has 0 bridgehead atoms. The van der Waals surface area contributed by atoms with Gasteiger partial charge in [0.1, 0.15) is 17.8 Å². The second-order valence-electron chi connectivity index (χ2n) is 7.69. The number of H-pyrrole nitrogens is 1. The number of carbonyl (C=O) groups is 2. The smallest absolute Gasteiger partial charge is 0.331 e. The van der Waals surface area contributed by atoms with Crippen LogP contribution in [0.2, 0.25) is 0 Å². The first-order valence-electron chi connectivity index (χ1n) is 10.1. The summed E-state index contributed by atoms with van der Waals surface area (Å²) in [6, 6.07) is 9.69. The molecule has 164 valence electrons. The maximum Gasteiger partial charge on any atom is 0.331 e. The second-order valence-corrected chi connectivity index (χ2v) is 7.69. The van der Waals surface area contributed by atoms with Crippen molar-refractivity contribution in [3.63, 3.8) is 0 Å². The molecule has 2 aromatic rings. The van der Waals surface area contributed by atoms with Crippen molar-refractivity contribution in [2.75, 3.05) is 26.0 Å². The number of ether oxygens (including phenoxy) is 2. The molecule has 0 fully saturated rings. The van der Waals surface area contributed by atoms with Gasteiger partial charge in [0.15, 0.2) is 0 Å². The highest BCUT2D eigenvalue weighted by Crippen LogP contribution is 2.25. The molecule has 3 heterocycles. The maximum atomic E-state index is 12.5. The predicted octanol–water partition coefficient (Wildman–Crippen LogP) is 1.74. The zero-order valence-electron chi connectivity index (χ0n) is 17.6. The minimum Gasteiger partial charge on any atom is -0.459 e. The normalized spacial score (nSPS) is 17.7. The van der Waals surface area contributed by atoms with Crippen molar-refractivity contribution in [2.45, 2.75) is 32.1 Å². The van der Waals surface area contributed by atoms with Gasteiger partial charge in [0.25, 0.3) is 0 Å². The summed E-state index contributed by atoms with van der Waals surface area (Å²) < 4.78 is 11.3. The number of aromatic amines is 1. The number of nitrogens with zero attached hydrogens (tertiary/aromatic N) is 3. The van der Waals surface area contributed by atoms with E-state index in [0.29, 0.717) is 37.5 Å². The van der Waals surface area contributed by atoms with E-state index in [0.717, 1.165) is 16.8 Å². The van der Waals surface area contributed by atoms with E-state index in [2.05, 4.69) is 20.9 Å². The van der Waals surface area contributed by atoms with Crippen LogP contribution in [0.1, 0.15) is 23.2 Å². The number of hydrogen-bond acceptors (Lipinski definition) is 6. The van der Waals surface area contributed by atoms with Gasteiger partial charge in [-0.15, -0.1) is 0 Å². The van der Waals surface area contributed by atoms with Gasteiger partial charge in [-0.3, -0.25) is 15.3 Å². The van der Waals surface area contributed by atoms with Crippen LogP contribution >= 0.6 is 0 Å². The van der Waals surface area contributed by atoms with Crippen LogP contribution in [-0.2, 0) is 33.7 Å². The lowest BCUT2D eigenvalue weighted by molar-refractivity contribution is -0.116. The van der Waals surface area contributed by atoms with Crippen LogP contribution in [0.5, 0.6) is 0 Å². The van der Waals surface area contributed by atoms with Crippen LogP contribution in [0.4, 0.5) is 10.6 Å². The van der Waals surface area contributed by atoms with E-state index in [-0.39, 0.29) is 18.4 Å². The number of fused-ring (bicyclic) bond motifs is 1. The molecule has 1 aromatic heterocycles. The number of benzene rings is 1. The Balaban J connectivity index is 1.29. The molecule has 0 aliphatic carbocycles. The van der Waals surface area contributed by atoms with E-state index in [1.807, 2.05) is 30.3 Å². The first-order valence-corrected chi connectivity index (χ1v) is 10.1. The average Bonchev–Trinajstić information content (AvgIpc) is 3.35. The van der Waals surface area contributed by atoms with Crippen molar-refractivity contribution in [3.8, 4) is 0 Å². The molecule has 3 amide bonds. The highest BCUT2D eigenvalue weighted by molar-refractivity contribution is 5.92. The van der Waals surface area contributed by atoms with Crippen LogP contribution in [0.25, 0.3) is 0 Å². The number of nitrogens with one attached hydrogen (secondary N) is 3. The van der Waals surface area contributed by atoms with Gasteiger partial charge in [-0.2, -0.15) is 5.10 Å². The minimum absolute atomic E-state index is 0.0557. The van der Waals surface area contributed by atoms with E-state index in [1.54, 1.807) is 19.1 Å². The average molecular weight is 426 g/mol. The standard InChI is InChI=1S/C21H26N6O4/c1-26(2)21(29)25-27-9-8-17-16(12-27)20(24-23-17)22-18(28)11-15-13-30-19(31-15)10-14-6-4-3-5-7-14/h3-7,13,19H,8-12H2,1-2H3,(H,25,29)(H2,22,23,24,28). The molecule has 1 aromatic carbocycles. The third kappa shape index (κ3) is 5.15. The molecular weight excluding hydrogens is 400 g/mol. The predicted molar refractivity (Wildman–Crippen MR) is 112 cm³/mol. The van der Waals surface area contributed by atoms with Crippen LogP contribution in [0.3, 0.4) is 0 Å². The SMILES string of the molecule is CN(C)C(=O)NN1CCc2n[nH]c(NC(=O)CC3=COC(Cc4ccccc4)O3)c2C1. The fourth-order valence-corrected chi connectivity index (χ4v) is 3.42. The Labute approximate surface area is 180 Å². The molecule has 0 saturated carbocycles. The van der Waals surface area contributed by atoms with E-state index >= 15 is 0 Å². The van der Waals surface area contributed by atoms with Gasteiger partial charge < -0.3 is 19.7 Å². The summed E-state index contributed by atoms with van der Waals surface area (Å²) in [7, 11) is 3.37. The number of hydrogen-bond donors (Lipinski definition) is 3. The summed E-state index contributed by atoms with van der Waals surface area (Å²) in [6.45, 7) is 1.09. The number of anilines is 1. The van der Waals surface area contributed by atoms with Crippen LogP contribution < -0.4 is 10.7 Å².